The summed E-state index contributed by atoms with van der Waals surface area (Å²) in [6, 6.07) is 18.6. The third-order valence-electron chi connectivity index (χ3n) is 4.14. The minimum atomic E-state index is 0.757. The molecule has 4 aromatic rings. The fourth-order valence-electron chi connectivity index (χ4n) is 2.88. The van der Waals surface area contributed by atoms with Gasteiger partial charge in [-0.05, 0) is 60.0 Å². The van der Waals surface area contributed by atoms with Crippen LogP contribution in [0.4, 0.5) is 0 Å². The molecule has 112 valence electrons. The Morgan fingerprint density at radius 1 is 0.913 bits per heavy atom. The van der Waals surface area contributed by atoms with Crippen molar-refractivity contribution >= 4 is 22.5 Å². The molecular formula is C20H15ClN2. The van der Waals surface area contributed by atoms with Crippen molar-refractivity contribution < 1.29 is 0 Å². The first-order chi connectivity index (χ1) is 11.2. The van der Waals surface area contributed by atoms with Gasteiger partial charge in [-0.1, -0.05) is 29.8 Å². The lowest BCUT2D eigenvalue weighted by atomic mass is 10.0. The van der Waals surface area contributed by atoms with Gasteiger partial charge in [0.05, 0.1) is 17.4 Å². The van der Waals surface area contributed by atoms with Crippen LogP contribution in [0, 0.1) is 6.92 Å². The fraction of sp³-hybridized carbons (Fsp3) is 0.0500. The number of benzene rings is 2. The van der Waals surface area contributed by atoms with Gasteiger partial charge in [-0.3, -0.25) is 4.98 Å². The Balaban J connectivity index is 1.83. The Labute approximate surface area is 140 Å². The fourth-order valence-corrected chi connectivity index (χ4v) is 3.01. The van der Waals surface area contributed by atoms with Crippen molar-refractivity contribution in [1.82, 2.24) is 9.55 Å². The maximum absolute atomic E-state index is 5.97. The van der Waals surface area contributed by atoms with E-state index >= 15 is 0 Å². The molecule has 4 rings (SSSR count). The summed E-state index contributed by atoms with van der Waals surface area (Å²) in [6.45, 7) is 2.10. The molecule has 0 saturated carbocycles. The molecule has 0 atom stereocenters. The van der Waals surface area contributed by atoms with Crippen LogP contribution in [0.3, 0.4) is 0 Å². The van der Waals surface area contributed by atoms with Gasteiger partial charge in [-0.25, -0.2) is 0 Å². The van der Waals surface area contributed by atoms with Gasteiger partial charge in [0.1, 0.15) is 0 Å². The quantitative estimate of drug-likeness (QED) is 0.466. The lowest BCUT2D eigenvalue weighted by Gasteiger charge is -2.09. The van der Waals surface area contributed by atoms with Crippen molar-refractivity contribution in [1.29, 1.82) is 0 Å². The van der Waals surface area contributed by atoms with Crippen LogP contribution >= 0.6 is 11.6 Å². The number of nitrogens with zero attached hydrogens (tertiary/aromatic N) is 2. The van der Waals surface area contributed by atoms with E-state index in [0.717, 1.165) is 10.7 Å². The Morgan fingerprint density at radius 3 is 2.48 bits per heavy atom. The molecule has 23 heavy (non-hydrogen) atoms. The second kappa shape index (κ2) is 5.56. The predicted molar refractivity (Wildman–Crippen MR) is 96.3 cm³/mol. The third-order valence-corrected chi connectivity index (χ3v) is 4.39. The Kier molecular flexibility index (Phi) is 3.40. The van der Waals surface area contributed by atoms with Crippen molar-refractivity contribution in [2.75, 3.05) is 0 Å². The van der Waals surface area contributed by atoms with E-state index in [-0.39, 0.29) is 0 Å². The summed E-state index contributed by atoms with van der Waals surface area (Å²) in [5.74, 6) is 0. The molecule has 0 amide bonds. The van der Waals surface area contributed by atoms with Crippen LogP contribution in [0.25, 0.3) is 27.7 Å². The van der Waals surface area contributed by atoms with E-state index in [9.17, 15) is 0 Å². The normalized spacial score (nSPS) is 11.0. The van der Waals surface area contributed by atoms with Gasteiger partial charge in [0.25, 0.3) is 0 Å². The number of hydrogen-bond acceptors (Lipinski definition) is 1. The summed E-state index contributed by atoms with van der Waals surface area (Å²) < 4.78 is 2.18. The zero-order chi connectivity index (χ0) is 15.8. The van der Waals surface area contributed by atoms with Crippen molar-refractivity contribution in [2.45, 2.75) is 6.92 Å². The molecule has 0 fully saturated rings. The van der Waals surface area contributed by atoms with E-state index in [1.165, 1.54) is 27.6 Å². The maximum atomic E-state index is 5.97. The summed E-state index contributed by atoms with van der Waals surface area (Å²) >= 11 is 5.97. The number of pyridine rings is 1. The van der Waals surface area contributed by atoms with E-state index in [2.05, 4.69) is 46.9 Å². The topological polar surface area (TPSA) is 17.8 Å². The van der Waals surface area contributed by atoms with Gasteiger partial charge in [0, 0.05) is 22.8 Å². The molecule has 2 nitrogen and oxygen atoms in total. The van der Waals surface area contributed by atoms with Crippen LogP contribution < -0.4 is 0 Å². The van der Waals surface area contributed by atoms with Gasteiger partial charge in [0.2, 0.25) is 0 Å². The lowest BCUT2D eigenvalue weighted by molar-refractivity contribution is 1.07. The zero-order valence-electron chi connectivity index (χ0n) is 12.7. The van der Waals surface area contributed by atoms with E-state index < -0.39 is 0 Å². The Bertz CT molecular complexity index is 984. The highest BCUT2D eigenvalue weighted by molar-refractivity contribution is 6.30. The molecule has 0 spiro atoms. The van der Waals surface area contributed by atoms with Gasteiger partial charge in [0.15, 0.2) is 0 Å². The summed E-state index contributed by atoms with van der Waals surface area (Å²) in [4.78, 5) is 4.25. The smallest absolute Gasteiger partial charge is 0.0668 e. The number of hydrogen-bond donors (Lipinski definition) is 0. The van der Waals surface area contributed by atoms with Crippen LogP contribution in [0.15, 0.2) is 73.2 Å². The lowest BCUT2D eigenvalue weighted by Crippen LogP contribution is -1.95. The molecule has 0 aliphatic carbocycles. The second-order valence-corrected chi connectivity index (χ2v) is 6.06. The molecule has 0 bridgehead atoms. The van der Waals surface area contributed by atoms with E-state index in [4.69, 9.17) is 11.6 Å². The molecule has 0 unspecified atom stereocenters. The summed E-state index contributed by atoms with van der Waals surface area (Å²) in [5, 5.41) is 1.97. The molecule has 2 aromatic heterocycles. The molecule has 0 aliphatic heterocycles. The number of rotatable bonds is 2. The molecule has 3 heteroatoms. The minimum absolute atomic E-state index is 0.757. The van der Waals surface area contributed by atoms with Crippen molar-refractivity contribution in [3.05, 3.63) is 83.8 Å². The minimum Gasteiger partial charge on any atom is -0.315 e. The highest BCUT2D eigenvalue weighted by atomic mass is 35.5. The number of halogens is 1. The van der Waals surface area contributed by atoms with E-state index in [0.29, 0.717) is 0 Å². The van der Waals surface area contributed by atoms with Gasteiger partial charge >= 0.3 is 0 Å². The molecule has 2 aromatic carbocycles. The average Bonchev–Trinajstić information content (AvgIpc) is 2.99. The van der Waals surface area contributed by atoms with Crippen molar-refractivity contribution in [2.24, 2.45) is 0 Å². The van der Waals surface area contributed by atoms with Crippen molar-refractivity contribution in [3.8, 4) is 16.8 Å². The SMILES string of the molecule is Cc1ccncc1-n1ccc2cc(-c3ccc(Cl)cc3)ccc21. The summed E-state index contributed by atoms with van der Waals surface area (Å²) in [6.07, 6.45) is 5.82. The monoisotopic (exact) mass is 318 g/mol. The second-order valence-electron chi connectivity index (χ2n) is 5.63. The standard InChI is InChI=1S/C20H15ClN2/c1-14-8-10-22-13-20(14)23-11-9-17-12-16(4-7-19(17)23)15-2-5-18(21)6-3-15/h2-13H,1H3. The van der Waals surface area contributed by atoms with Crippen LogP contribution in [-0.2, 0) is 0 Å². The van der Waals surface area contributed by atoms with Crippen LogP contribution in [-0.4, -0.2) is 9.55 Å². The highest BCUT2D eigenvalue weighted by Gasteiger charge is 2.07. The first kappa shape index (κ1) is 14.0. The van der Waals surface area contributed by atoms with Gasteiger partial charge in [-0.2, -0.15) is 0 Å². The highest BCUT2D eigenvalue weighted by Crippen LogP contribution is 2.28. The predicted octanol–water partition coefficient (Wildman–Crippen LogP) is 5.65. The largest absolute Gasteiger partial charge is 0.315 e. The molecule has 0 N–H and O–H groups in total. The van der Waals surface area contributed by atoms with Gasteiger partial charge < -0.3 is 4.57 Å². The molecule has 0 aliphatic rings. The van der Waals surface area contributed by atoms with E-state index in [1.54, 1.807) is 0 Å². The Hall–Kier alpha value is -2.58. The maximum Gasteiger partial charge on any atom is 0.0668 e. The Morgan fingerprint density at radius 2 is 1.70 bits per heavy atom. The molecule has 2 heterocycles. The zero-order valence-corrected chi connectivity index (χ0v) is 13.5. The molecule has 0 saturated heterocycles. The van der Waals surface area contributed by atoms with Gasteiger partial charge in [-0.15, -0.1) is 0 Å². The first-order valence-corrected chi connectivity index (χ1v) is 7.88. The number of aromatic nitrogens is 2. The number of aryl methyl sites for hydroxylation is 1. The van der Waals surface area contributed by atoms with Crippen LogP contribution in [0.2, 0.25) is 5.02 Å². The van der Waals surface area contributed by atoms with Crippen molar-refractivity contribution in [3.63, 3.8) is 0 Å². The van der Waals surface area contributed by atoms with Crippen LogP contribution in [0.1, 0.15) is 5.56 Å². The van der Waals surface area contributed by atoms with Crippen LogP contribution in [0.5, 0.6) is 0 Å². The molecular weight excluding hydrogens is 304 g/mol. The van der Waals surface area contributed by atoms with E-state index in [1.807, 2.05) is 42.7 Å². The average molecular weight is 319 g/mol. The first-order valence-electron chi connectivity index (χ1n) is 7.50. The number of fused-ring (bicyclic) bond motifs is 1. The summed E-state index contributed by atoms with van der Waals surface area (Å²) in [7, 11) is 0. The summed E-state index contributed by atoms with van der Waals surface area (Å²) in [5.41, 5.74) is 5.86. The molecule has 0 radical (unpaired) electrons. The third kappa shape index (κ3) is 2.51.